The van der Waals surface area contributed by atoms with Crippen molar-refractivity contribution >= 4 is 41.2 Å². The molecule has 0 saturated heterocycles. The van der Waals surface area contributed by atoms with Crippen molar-refractivity contribution in [1.82, 2.24) is 0 Å². The maximum absolute atomic E-state index is 7.23. The third-order valence-corrected chi connectivity index (χ3v) is 46.8. The molecule has 2 unspecified atom stereocenters. The Morgan fingerprint density at radius 1 is 0.560 bits per heavy atom. The molecular formula is C20H34OSi4. The van der Waals surface area contributed by atoms with Gasteiger partial charge in [-0.3, -0.25) is 0 Å². The second-order valence-electron chi connectivity index (χ2n) is 9.35. The van der Waals surface area contributed by atoms with Gasteiger partial charge in [-0.1, -0.05) is 92.0 Å². The fourth-order valence-electron chi connectivity index (χ4n) is 4.01. The predicted octanol–water partition coefficient (Wildman–Crippen LogP) is 4.80. The van der Waals surface area contributed by atoms with E-state index in [9.17, 15) is 0 Å². The molecule has 0 fully saturated rings. The molecule has 2 atom stereocenters. The van der Waals surface area contributed by atoms with Crippen LogP contribution in [0.3, 0.4) is 0 Å². The molecule has 0 N–H and O–H groups in total. The summed E-state index contributed by atoms with van der Waals surface area (Å²) < 4.78 is 7.23. The molecular weight excluding hydrogens is 369 g/mol. The first kappa shape index (κ1) is 20.6. The normalized spacial score (nSPS) is 17.6. The number of benzene rings is 2. The lowest BCUT2D eigenvalue weighted by atomic mass is 10.4. The molecule has 136 valence electrons. The van der Waals surface area contributed by atoms with Crippen LogP contribution < -0.4 is 10.4 Å². The largest absolute Gasteiger partial charge is 0.454 e. The van der Waals surface area contributed by atoms with Crippen LogP contribution in [-0.4, -0.2) is 30.9 Å². The molecule has 0 aliphatic heterocycles. The van der Waals surface area contributed by atoms with Crippen LogP contribution in [0.4, 0.5) is 0 Å². The smallest absolute Gasteiger partial charge is 0.197 e. The molecule has 2 rings (SSSR count). The lowest BCUT2D eigenvalue weighted by molar-refractivity contribution is 0.577. The van der Waals surface area contributed by atoms with Crippen LogP contribution in [0.2, 0.25) is 52.4 Å². The molecule has 5 heteroatoms. The van der Waals surface area contributed by atoms with Crippen LogP contribution in [0.25, 0.3) is 0 Å². The molecule has 2 aromatic carbocycles. The van der Waals surface area contributed by atoms with Crippen LogP contribution in [0.15, 0.2) is 60.7 Å². The Hall–Kier alpha value is -0.732. The van der Waals surface area contributed by atoms with Crippen LogP contribution in [0.5, 0.6) is 0 Å². The zero-order chi connectivity index (χ0) is 18.9. The minimum absolute atomic E-state index is 1.47. The van der Waals surface area contributed by atoms with Gasteiger partial charge in [0.05, 0.1) is 0 Å². The zero-order valence-corrected chi connectivity index (χ0v) is 21.2. The average molecular weight is 403 g/mol. The predicted molar refractivity (Wildman–Crippen MR) is 123 cm³/mol. The highest BCUT2D eigenvalue weighted by atomic mass is 29.6. The quantitative estimate of drug-likeness (QED) is 0.631. The molecule has 0 amide bonds. The Bertz CT molecular complexity index is 691. The summed E-state index contributed by atoms with van der Waals surface area (Å²) in [5.41, 5.74) is 0. The fraction of sp³-hybridized carbons (Fsp3) is 0.400. The summed E-state index contributed by atoms with van der Waals surface area (Å²) in [6.45, 7) is 19.9. The standard InChI is InChI=1S/C20H34OSi4/c1-22(2,3)21-24(7,19-15-11-9-12-16-19)25(8,23(4,5)6)20-17-13-10-14-18-20/h9-18H,1-8H3. The van der Waals surface area contributed by atoms with Crippen molar-refractivity contribution in [1.29, 1.82) is 0 Å². The van der Waals surface area contributed by atoms with Gasteiger partial charge in [-0.25, -0.2) is 0 Å². The molecule has 0 aromatic heterocycles. The Morgan fingerprint density at radius 2 is 0.960 bits per heavy atom. The summed E-state index contributed by atoms with van der Waals surface area (Å²) in [6, 6.07) is 22.5. The van der Waals surface area contributed by atoms with Crippen LogP contribution in [0, 0.1) is 0 Å². The Balaban J connectivity index is 2.80. The van der Waals surface area contributed by atoms with Gasteiger partial charge in [0.25, 0.3) is 0 Å². The third-order valence-electron chi connectivity index (χ3n) is 5.64. The van der Waals surface area contributed by atoms with Crippen molar-refractivity contribution in [3.05, 3.63) is 60.7 Å². The number of hydrogen-bond acceptors (Lipinski definition) is 1. The molecule has 1 nitrogen and oxygen atoms in total. The van der Waals surface area contributed by atoms with Crippen LogP contribution >= 0.6 is 0 Å². The minimum atomic E-state index is -2.13. The second-order valence-corrected chi connectivity index (χ2v) is 39.2. The minimum Gasteiger partial charge on any atom is -0.454 e. The van der Waals surface area contributed by atoms with E-state index in [1.54, 1.807) is 5.19 Å². The highest BCUT2D eigenvalue weighted by Crippen LogP contribution is 2.32. The van der Waals surface area contributed by atoms with Crippen molar-refractivity contribution in [3.8, 4) is 0 Å². The molecule has 0 saturated carbocycles. The first-order valence-electron chi connectivity index (χ1n) is 9.23. The van der Waals surface area contributed by atoms with Gasteiger partial charge in [0, 0.05) is 7.59 Å². The molecule has 0 spiro atoms. The summed E-state index contributed by atoms with van der Waals surface area (Å²) in [5.74, 6) is 0. The van der Waals surface area contributed by atoms with Crippen molar-refractivity contribution in [2.24, 2.45) is 0 Å². The highest BCUT2D eigenvalue weighted by Gasteiger charge is 2.60. The summed E-state index contributed by atoms with van der Waals surface area (Å²) >= 11 is 0. The zero-order valence-electron chi connectivity index (χ0n) is 17.2. The van der Waals surface area contributed by atoms with Gasteiger partial charge in [0.1, 0.15) is 7.11 Å². The van der Waals surface area contributed by atoms with E-state index in [-0.39, 0.29) is 0 Å². The van der Waals surface area contributed by atoms with E-state index in [1.165, 1.54) is 5.19 Å². The Labute approximate surface area is 158 Å². The van der Waals surface area contributed by atoms with Crippen molar-refractivity contribution in [2.45, 2.75) is 52.4 Å². The average Bonchev–Trinajstić information content (AvgIpc) is 2.53. The van der Waals surface area contributed by atoms with Gasteiger partial charge in [0.2, 0.25) is 0 Å². The van der Waals surface area contributed by atoms with Gasteiger partial charge >= 0.3 is 0 Å². The summed E-state index contributed by atoms with van der Waals surface area (Å²) in [6.07, 6.45) is 0. The van der Waals surface area contributed by atoms with Gasteiger partial charge in [-0.2, -0.15) is 0 Å². The molecule has 0 radical (unpaired) electrons. The third kappa shape index (κ3) is 4.00. The first-order valence-corrected chi connectivity index (χ1v) is 23.0. The van der Waals surface area contributed by atoms with Gasteiger partial charge in [-0.15, -0.1) is 0 Å². The highest BCUT2D eigenvalue weighted by molar-refractivity contribution is 7.74. The molecule has 25 heavy (non-hydrogen) atoms. The summed E-state index contributed by atoms with van der Waals surface area (Å²) in [7, 11) is -7.12. The van der Waals surface area contributed by atoms with E-state index in [0.29, 0.717) is 0 Å². The maximum Gasteiger partial charge on any atom is 0.197 e. The monoisotopic (exact) mass is 402 g/mol. The Morgan fingerprint density at radius 3 is 1.32 bits per heavy atom. The fourth-order valence-corrected chi connectivity index (χ4v) is 47.2. The number of hydrogen-bond donors (Lipinski definition) is 0. The van der Waals surface area contributed by atoms with Crippen molar-refractivity contribution < 1.29 is 4.12 Å². The van der Waals surface area contributed by atoms with Crippen LogP contribution in [0.1, 0.15) is 0 Å². The van der Waals surface area contributed by atoms with E-state index >= 15 is 0 Å². The second kappa shape index (κ2) is 7.12. The van der Waals surface area contributed by atoms with Crippen LogP contribution in [-0.2, 0) is 4.12 Å². The van der Waals surface area contributed by atoms with Gasteiger partial charge in [0.15, 0.2) is 16.2 Å². The topological polar surface area (TPSA) is 9.23 Å². The van der Waals surface area contributed by atoms with Gasteiger partial charge in [-0.05, 0) is 31.4 Å². The molecule has 0 aliphatic carbocycles. The van der Waals surface area contributed by atoms with E-state index in [2.05, 4.69) is 113 Å². The lowest BCUT2D eigenvalue weighted by Gasteiger charge is -2.52. The van der Waals surface area contributed by atoms with E-state index in [1.807, 2.05) is 0 Å². The van der Waals surface area contributed by atoms with E-state index in [4.69, 9.17) is 4.12 Å². The van der Waals surface area contributed by atoms with E-state index < -0.39 is 30.9 Å². The Kier molecular flexibility index (Phi) is 5.86. The van der Waals surface area contributed by atoms with Gasteiger partial charge < -0.3 is 4.12 Å². The lowest BCUT2D eigenvalue weighted by Crippen LogP contribution is -2.84. The molecule has 2 aromatic rings. The van der Waals surface area contributed by atoms with Crippen molar-refractivity contribution in [3.63, 3.8) is 0 Å². The maximum atomic E-state index is 7.23. The molecule has 0 bridgehead atoms. The van der Waals surface area contributed by atoms with E-state index in [0.717, 1.165) is 0 Å². The molecule has 0 heterocycles. The van der Waals surface area contributed by atoms with Crippen molar-refractivity contribution in [2.75, 3.05) is 0 Å². The SMILES string of the molecule is C[Si](C)(C)O[Si](C)(c1ccccc1)[Si](C)(c1ccccc1)[Si](C)(C)C. The first-order chi connectivity index (χ1) is 11.4. The number of rotatable bonds is 6. The molecule has 0 aliphatic rings. The summed E-state index contributed by atoms with van der Waals surface area (Å²) in [4.78, 5) is 0. The summed E-state index contributed by atoms with van der Waals surface area (Å²) in [5, 5.41) is 3.07.